The number of rotatable bonds is 6. The molecule has 2 rings (SSSR count). The summed E-state index contributed by atoms with van der Waals surface area (Å²) < 4.78 is 10.00. The summed E-state index contributed by atoms with van der Waals surface area (Å²) in [4.78, 5) is 46.4. The van der Waals surface area contributed by atoms with Crippen molar-refractivity contribution in [1.82, 2.24) is 10.6 Å². The lowest BCUT2D eigenvalue weighted by Crippen LogP contribution is -2.50. The third-order valence-corrected chi connectivity index (χ3v) is 3.82. The summed E-state index contributed by atoms with van der Waals surface area (Å²) >= 11 is 5.79. The van der Waals surface area contributed by atoms with Crippen LogP contribution in [0, 0.1) is 10.1 Å². The Morgan fingerprint density at radius 2 is 2.00 bits per heavy atom. The molecular formula is C16H16ClN3O7. The molecule has 0 bridgehead atoms. The van der Waals surface area contributed by atoms with E-state index in [-0.39, 0.29) is 28.5 Å². The van der Waals surface area contributed by atoms with Gasteiger partial charge in [0.25, 0.3) is 5.69 Å². The van der Waals surface area contributed by atoms with Crippen molar-refractivity contribution in [3.05, 3.63) is 50.2 Å². The third kappa shape index (κ3) is 4.73. The van der Waals surface area contributed by atoms with Gasteiger partial charge in [0.1, 0.15) is 12.2 Å². The number of carbonyl (C=O) groups excluding carboxylic acids is 3. The fraction of sp³-hybridized carbons (Fsp3) is 0.312. The maximum absolute atomic E-state index is 12.3. The predicted octanol–water partition coefficient (Wildman–Crippen LogP) is 1.92. The molecule has 10 nitrogen and oxygen atoms in total. The highest BCUT2D eigenvalue weighted by atomic mass is 35.5. The predicted molar refractivity (Wildman–Crippen MR) is 93.2 cm³/mol. The maximum Gasteiger partial charge on any atom is 0.345 e. The number of nitro benzene ring substituents is 1. The van der Waals surface area contributed by atoms with E-state index in [1.54, 1.807) is 13.8 Å². The molecule has 0 spiro atoms. The first kappa shape index (κ1) is 20.2. The summed E-state index contributed by atoms with van der Waals surface area (Å²) in [6, 6.07) is 2.19. The normalized spacial score (nSPS) is 16.3. The van der Waals surface area contributed by atoms with Gasteiger partial charge in [-0.25, -0.2) is 14.4 Å². The van der Waals surface area contributed by atoms with Crippen LogP contribution in [0.5, 0.6) is 0 Å². The molecule has 2 N–H and O–H groups in total. The number of halogens is 1. The second-order valence-electron chi connectivity index (χ2n) is 5.43. The number of benzene rings is 1. The largest absolute Gasteiger partial charge is 0.463 e. The van der Waals surface area contributed by atoms with Crippen LogP contribution in [0.1, 0.15) is 24.2 Å². The summed E-state index contributed by atoms with van der Waals surface area (Å²) in [5.41, 5.74) is -0.710. The molecule has 1 unspecified atom stereocenters. The van der Waals surface area contributed by atoms with E-state index in [2.05, 4.69) is 10.6 Å². The van der Waals surface area contributed by atoms with Crippen molar-refractivity contribution in [2.45, 2.75) is 19.9 Å². The summed E-state index contributed by atoms with van der Waals surface area (Å²) in [6.45, 7) is 2.81. The van der Waals surface area contributed by atoms with Crippen LogP contribution in [0.4, 0.5) is 10.5 Å². The van der Waals surface area contributed by atoms with Gasteiger partial charge in [0.05, 0.1) is 28.8 Å². The SMILES string of the molecule is CCOC(=O)C1=C(COC(=O)c2cc(Cl)ccc2[N+](=O)[O-])NC(=O)NC1C. The van der Waals surface area contributed by atoms with Crippen molar-refractivity contribution in [2.24, 2.45) is 0 Å². The van der Waals surface area contributed by atoms with Gasteiger partial charge < -0.3 is 20.1 Å². The van der Waals surface area contributed by atoms with Gasteiger partial charge in [0.2, 0.25) is 0 Å². The molecule has 0 radical (unpaired) electrons. The second kappa shape index (κ2) is 8.49. The minimum Gasteiger partial charge on any atom is -0.463 e. The highest BCUT2D eigenvalue weighted by Gasteiger charge is 2.31. The van der Waals surface area contributed by atoms with E-state index in [4.69, 9.17) is 21.1 Å². The first-order valence-corrected chi connectivity index (χ1v) is 8.21. The molecule has 0 aliphatic carbocycles. The van der Waals surface area contributed by atoms with E-state index < -0.39 is 41.2 Å². The molecule has 1 aromatic carbocycles. The molecule has 2 amide bonds. The number of nitro groups is 1. The zero-order valence-corrected chi connectivity index (χ0v) is 15.2. The number of hydrogen-bond donors (Lipinski definition) is 2. The van der Waals surface area contributed by atoms with Crippen LogP contribution in [-0.4, -0.2) is 42.1 Å². The Balaban J connectivity index is 2.27. The van der Waals surface area contributed by atoms with E-state index in [0.29, 0.717) is 0 Å². The summed E-state index contributed by atoms with van der Waals surface area (Å²) in [5, 5.41) is 16.1. The highest BCUT2D eigenvalue weighted by molar-refractivity contribution is 6.31. The molecule has 1 atom stereocenters. The Hall–Kier alpha value is -3.14. The minimum atomic E-state index is -1.03. The molecule has 27 heavy (non-hydrogen) atoms. The van der Waals surface area contributed by atoms with Crippen molar-refractivity contribution in [2.75, 3.05) is 13.2 Å². The van der Waals surface area contributed by atoms with E-state index in [0.717, 1.165) is 12.1 Å². The van der Waals surface area contributed by atoms with E-state index in [1.807, 2.05) is 0 Å². The summed E-state index contributed by atoms with van der Waals surface area (Å²) in [5.74, 6) is -1.71. The molecule has 1 aliphatic heterocycles. The quantitative estimate of drug-likeness (QED) is 0.425. The maximum atomic E-state index is 12.3. The monoisotopic (exact) mass is 397 g/mol. The Morgan fingerprint density at radius 1 is 1.30 bits per heavy atom. The van der Waals surface area contributed by atoms with Crippen LogP contribution >= 0.6 is 11.6 Å². The standard InChI is InChI=1S/C16H16ClN3O7/c1-3-26-15(22)13-8(2)18-16(23)19-11(13)7-27-14(21)10-6-9(17)4-5-12(10)20(24)25/h4-6,8H,3,7H2,1-2H3,(H2,18,19,23). The van der Waals surface area contributed by atoms with Crippen LogP contribution in [-0.2, 0) is 14.3 Å². The smallest absolute Gasteiger partial charge is 0.345 e. The van der Waals surface area contributed by atoms with Crippen LogP contribution in [0.2, 0.25) is 5.02 Å². The Morgan fingerprint density at radius 3 is 2.63 bits per heavy atom. The lowest BCUT2D eigenvalue weighted by molar-refractivity contribution is -0.385. The molecule has 0 saturated carbocycles. The lowest BCUT2D eigenvalue weighted by atomic mass is 10.0. The molecule has 1 aromatic rings. The van der Waals surface area contributed by atoms with Gasteiger partial charge in [0.15, 0.2) is 0 Å². The number of amides is 2. The van der Waals surface area contributed by atoms with Crippen molar-refractivity contribution in [3.63, 3.8) is 0 Å². The first-order valence-electron chi connectivity index (χ1n) is 7.83. The Kier molecular flexibility index (Phi) is 6.35. The number of esters is 2. The molecule has 1 heterocycles. The van der Waals surface area contributed by atoms with Gasteiger partial charge in [-0.3, -0.25) is 10.1 Å². The second-order valence-corrected chi connectivity index (χ2v) is 5.86. The van der Waals surface area contributed by atoms with E-state index >= 15 is 0 Å². The zero-order valence-electron chi connectivity index (χ0n) is 14.4. The number of ether oxygens (including phenoxy) is 2. The Labute approximate surface area is 158 Å². The highest BCUT2D eigenvalue weighted by Crippen LogP contribution is 2.24. The van der Waals surface area contributed by atoms with Crippen LogP contribution in [0.25, 0.3) is 0 Å². The van der Waals surface area contributed by atoms with Gasteiger partial charge in [-0.15, -0.1) is 0 Å². The molecular weight excluding hydrogens is 382 g/mol. The van der Waals surface area contributed by atoms with Gasteiger partial charge >= 0.3 is 18.0 Å². The average molecular weight is 398 g/mol. The Bertz CT molecular complexity index is 837. The number of carbonyl (C=O) groups is 3. The zero-order chi connectivity index (χ0) is 20.1. The molecule has 144 valence electrons. The average Bonchev–Trinajstić information content (AvgIpc) is 2.58. The molecule has 1 aliphatic rings. The van der Waals surface area contributed by atoms with Crippen LogP contribution in [0.3, 0.4) is 0 Å². The molecule has 0 aromatic heterocycles. The van der Waals surface area contributed by atoms with Gasteiger partial charge in [-0.1, -0.05) is 11.6 Å². The third-order valence-electron chi connectivity index (χ3n) is 3.59. The summed E-state index contributed by atoms with van der Waals surface area (Å²) in [7, 11) is 0. The lowest BCUT2D eigenvalue weighted by Gasteiger charge is -2.26. The molecule has 0 saturated heterocycles. The molecule has 11 heteroatoms. The fourth-order valence-electron chi connectivity index (χ4n) is 2.44. The first-order chi connectivity index (χ1) is 12.7. The fourth-order valence-corrected chi connectivity index (χ4v) is 2.61. The van der Waals surface area contributed by atoms with Crippen molar-refractivity contribution < 1.29 is 28.8 Å². The van der Waals surface area contributed by atoms with E-state index in [1.165, 1.54) is 6.07 Å². The van der Waals surface area contributed by atoms with Crippen molar-refractivity contribution in [1.29, 1.82) is 0 Å². The number of nitrogens with zero attached hydrogens (tertiary/aromatic N) is 1. The topological polar surface area (TPSA) is 137 Å². The van der Waals surface area contributed by atoms with Crippen LogP contribution in [0.15, 0.2) is 29.5 Å². The van der Waals surface area contributed by atoms with Gasteiger partial charge in [-0.2, -0.15) is 0 Å². The van der Waals surface area contributed by atoms with Gasteiger partial charge in [0, 0.05) is 11.1 Å². The number of nitrogens with one attached hydrogen (secondary N) is 2. The van der Waals surface area contributed by atoms with Crippen molar-refractivity contribution >= 4 is 35.3 Å². The number of urea groups is 1. The van der Waals surface area contributed by atoms with Gasteiger partial charge in [-0.05, 0) is 26.0 Å². The molecule has 0 fully saturated rings. The van der Waals surface area contributed by atoms with Crippen molar-refractivity contribution in [3.8, 4) is 0 Å². The summed E-state index contributed by atoms with van der Waals surface area (Å²) in [6.07, 6.45) is 0. The minimum absolute atomic E-state index is 0.0303. The van der Waals surface area contributed by atoms with Crippen LogP contribution < -0.4 is 10.6 Å². The van der Waals surface area contributed by atoms with E-state index in [9.17, 15) is 24.5 Å². The number of hydrogen-bond acceptors (Lipinski definition) is 7.